The van der Waals surface area contributed by atoms with Crippen LogP contribution in [0.1, 0.15) is 11.1 Å². The number of benzene rings is 3. The van der Waals surface area contributed by atoms with Gasteiger partial charge in [-0.25, -0.2) is 4.57 Å². The second-order valence-corrected chi connectivity index (χ2v) is 7.48. The lowest BCUT2D eigenvalue weighted by atomic mass is 9.96. The highest BCUT2D eigenvalue weighted by Crippen LogP contribution is 2.40. The molecule has 0 bridgehead atoms. The van der Waals surface area contributed by atoms with E-state index in [1.165, 1.54) is 27.6 Å². The fourth-order valence-electron chi connectivity index (χ4n) is 4.06. The van der Waals surface area contributed by atoms with Crippen molar-refractivity contribution in [3.63, 3.8) is 0 Å². The van der Waals surface area contributed by atoms with E-state index in [1.54, 1.807) is 0 Å². The van der Waals surface area contributed by atoms with Crippen molar-refractivity contribution in [2.24, 2.45) is 7.05 Å². The Morgan fingerprint density at radius 2 is 1.61 bits per heavy atom. The van der Waals surface area contributed by atoms with Gasteiger partial charge in [0.2, 0.25) is 5.69 Å². The Morgan fingerprint density at radius 1 is 0.786 bits per heavy atom. The van der Waals surface area contributed by atoms with E-state index in [4.69, 9.17) is 4.42 Å². The van der Waals surface area contributed by atoms with E-state index in [0.29, 0.717) is 0 Å². The van der Waals surface area contributed by atoms with Crippen LogP contribution in [-0.2, 0) is 7.05 Å². The van der Waals surface area contributed by atoms with Crippen LogP contribution >= 0.6 is 0 Å². The normalized spacial score (nSPS) is 11.4. The minimum absolute atomic E-state index is 0.929. The van der Waals surface area contributed by atoms with Gasteiger partial charge in [-0.15, -0.1) is 0 Å². The van der Waals surface area contributed by atoms with Crippen LogP contribution in [0.2, 0.25) is 0 Å². The summed E-state index contributed by atoms with van der Waals surface area (Å²) in [4.78, 5) is 0. The monoisotopic (exact) mass is 364 g/mol. The Morgan fingerprint density at radius 3 is 2.39 bits per heavy atom. The summed E-state index contributed by atoms with van der Waals surface area (Å²) in [6.45, 7) is 4.27. The Balaban J connectivity index is 1.88. The molecule has 0 aliphatic rings. The summed E-state index contributed by atoms with van der Waals surface area (Å²) in [5.74, 6) is 0. The van der Waals surface area contributed by atoms with E-state index < -0.39 is 0 Å². The van der Waals surface area contributed by atoms with Crippen molar-refractivity contribution in [1.29, 1.82) is 0 Å². The first-order chi connectivity index (χ1) is 13.6. The number of hydrogen-bond acceptors (Lipinski definition) is 1. The van der Waals surface area contributed by atoms with E-state index in [1.807, 2.05) is 6.07 Å². The van der Waals surface area contributed by atoms with Crippen LogP contribution in [0.4, 0.5) is 0 Å². The van der Waals surface area contributed by atoms with Gasteiger partial charge < -0.3 is 4.42 Å². The third kappa shape index (κ3) is 2.53. The summed E-state index contributed by atoms with van der Waals surface area (Å²) < 4.78 is 8.60. The number of furan rings is 1. The smallest absolute Gasteiger partial charge is 0.216 e. The molecule has 0 atom stereocenters. The van der Waals surface area contributed by atoms with Crippen LogP contribution < -0.4 is 4.57 Å². The molecule has 2 aromatic heterocycles. The van der Waals surface area contributed by atoms with Crippen molar-refractivity contribution < 1.29 is 8.98 Å². The number of hydrogen-bond donors (Lipinski definition) is 0. The molecule has 0 radical (unpaired) electrons. The van der Waals surface area contributed by atoms with E-state index >= 15 is 0 Å². The molecular formula is C26H22NO+. The molecule has 28 heavy (non-hydrogen) atoms. The number of rotatable bonds is 2. The zero-order chi connectivity index (χ0) is 19.3. The molecule has 0 N–H and O–H groups in total. The van der Waals surface area contributed by atoms with Crippen LogP contribution in [0.25, 0.3) is 44.3 Å². The van der Waals surface area contributed by atoms with Gasteiger partial charge in [0.15, 0.2) is 6.20 Å². The number of nitrogens with zero attached hydrogens (tertiary/aromatic N) is 1. The van der Waals surface area contributed by atoms with Crippen molar-refractivity contribution in [3.8, 4) is 22.4 Å². The summed E-state index contributed by atoms with van der Waals surface area (Å²) >= 11 is 0. The molecule has 0 saturated heterocycles. The van der Waals surface area contributed by atoms with Crippen molar-refractivity contribution in [1.82, 2.24) is 0 Å². The van der Waals surface area contributed by atoms with Gasteiger partial charge in [0.05, 0.1) is 5.56 Å². The fourth-order valence-corrected chi connectivity index (χ4v) is 4.06. The van der Waals surface area contributed by atoms with Crippen LogP contribution in [0.5, 0.6) is 0 Å². The first kappa shape index (κ1) is 16.8. The average Bonchev–Trinajstić information content (AvgIpc) is 3.08. The Bertz CT molecular complexity index is 1330. The third-order valence-corrected chi connectivity index (χ3v) is 5.55. The highest BCUT2D eigenvalue weighted by molar-refractivity contribution is 6.15. The Hall–Kier alpha value is -3.39. The molecule has 0 unspecified atom stereocenters. The largest absolute Gasteiger partial charge is 0.455 e. The molecule has 3 aromatic carbocycles. The van der Waals surface area contributed by atoms with Gasteiger partial charge in [0.1, 0.15) is 18.2 Å². The SMILES string of the molecule is Cc1ccc(-c2cccc3oc4c(-c5cccc[n+]5C)c(C)ccc4c23)cc1. The second kappa shape index (κ2) is 6.35. The van der Waals surface area contributed by atoms with Gasteiger partial charge >= 0.3 is 0 Å². The number of aryl methyl sites for hydroxylation is 3. The minimum Gasteiger partial charge on any atom is -0.455 e. The summed E-state index contributed by atoms with van der Waals surface area (Å²) in [5.41, 5.74) is 9.10. The molecule has 0 aliphatic heterocycles. The lowest BCUT2D eigenvalue weighted by molar-refractivity contribution is -0.660. The summed E-state index contributed by atoms with van der Waals surface area (Å²) in [5, 5.41) is 2.34. The first-order valence-electron chi connectivity index (χ1n) is 9.60. The molecular weight excluding hydrogens is 342 g/mol. The lowest BCUT2D eigenvalue weighted by Gasteiger charge is -2.06. The van der Waals surface area contributed by atoms with Gasteiger partial charge in [0.25, 0.3) is 0 Å². The Kier molecular flexibility index (Phi) is 3.80. The summed E-state index contributed by atoms with van der Waals surface area (Å²) in [7, 11) is 2.08. The fraction of sp³-hybridized carbons (Fsp3) is 0.115. The molecule has 0 saturated carbocycles. The topological polar surface area (TPSA) is 17.0 Å². The van der Waals surface area contributed by atoms with Crippen molar-refractivity contribution in [3.05, 3.63) is 90.1 Å². The van der Waals surface area contributed by atoms with Crippen LogP contribution in [-0.4, -0.2) is 0 Å². The molecule has 0 amide bonds. The second-order valence-electron chi connectivity index (χ2n) is 7.48. The van der Waals surface area contributed by atoms with Gasteiger partial charge in [-0.05, 0) is 42.7 Å². The van der Waals surface area contributed by atoms with E-state index in [2.05, 4.69) is 98.4 Å². The first-order valence-corrected chi connectivity index (χ1v) is 9.60. The average molecular weight is 364 g/mol. The van der Waals surface area contributed by atoms with Crippen molar-refractivity contribution >= 4 is 21.9 Å². The Labute approximate surface area is 164 Å². The molecule has 2 heterocycles. The maximum Gasteiger partial charge on any atom is 0.216 e. The predicted octanol–water partition coefficient (Wildman–Crippen LogP) is 6.36. The van der Waals surface area contributed by atoms with E-state index in [9.17, 15) is 0 Å². The van der Waals surface area contributed by atoms with Gasteiger partial charge in [-0.1, -0.05) is 54.1 Å². The zero-order valence-corrected chi connectivity index (χ0v) is 16.4. The molecule has 0 fully saturated rings. The highest BCUT2D eigenvalue weighted by Gasteiger charge is 2.21. The molecule has 0 spiro atoms. The number of fused-ring (bicyclic) bond motifs is 3. The quantitative estimate of drug-likeness (QED) is 0.333. The van der Waals surface area contributed by atoms with Crippen molar-refractivity contribution in [2.75, 3.05) is 0 Å². The number of pyridine rings is 1. The summed E-state index contributed by atoms with van der Waals surface area (Å²) in [6, 6.07) is 25.7. The highest BCUT2D eigenvalue weighted by atomic mass is 16.3. The summed E-state index contributed by atoms with van der Waals surface area (Å²) in [6.07, 6.45) is 2.08. The number of aromatic nitrogens is 1. The van der Waals surface area contributed by atoms with Gasteiger partial charge in [-0.3, -0.25) is 0 Å². The molecule has 5 rings (SSSR count). The molecule has 2 nitrogen and oxygen atoms in total. The van der Waals surface area contributed by atoms with Crippen molar-refractivity contribution in [2.45, 2.75) is 13.8 Å². The predicted molar refractivity (Wildman–Crippen MR) is 115 cm³/mol. The molecule has 0 aliphatic carbocycles. The maximum atomic E-state index is 6.45. The standard InChI is InChI=1S/C26H22NO/c1-17-10-13-19(14-11-17)20-7-6-9-23-25(20)21-15-12-18(2)24(26(21)28-23)22-8-4-5-16-27(22)3/h4-16H,1-3H3/q+1. The molecule has 136 valence electrons. The minimum atomic E-state index is 0.929. The van der Waals surface area contributed by atoms with E-state index in [-0.39, 0.29) is 0 Å². The van der Waals surface area contributed by atoms with Crippen LogP contribution in [0, 0.1) is 13.8 Å². The van der Waals surface area contributed by atoms with Crippen LogP contribution in [0.15, 0.2) is 83.4 Å². The van der Waals surface area contributed by atoms with Gasteiger partial charge in [-0.2, -0.15) is 0 Å². The molecule has 2 heteroatoms. The third-order valence-electron chi connectivity index (χ3n) is 5.55. The maximum absolute atomic E-state index is 6.45. The molecule has 5 aromatic rings. The van der Waals surface area contributed by atoms with Gasteiger partial charge in [0, 0.05) is 22.9 Å². The van der Waals surface area contributed by atoms with Crippen LogP contribution in [0.3, 0.4) is 0 Å². The van der Waals surface area contributed by atoms with E-state index in [0.717, 1.165) is 27.8 Å². The zero-order valence-electron chi connectivity index (χ0n) is 16.4. The lowest BCUT2D eigenvalue weighted by Crippen LogP contribution is -2.30.